The lowest BCUT2D eigenvalue weighted by Gasteiger charge is -2.30. The molecule has 0 amide bonds. The van der Waals surface area contributed by atoms with Gasteiger partial charge < -0.3 is 14.9 Å². The van der Waals surface area contributed by atoms with Gasteiger partial charge in [0.2, 0.25) is 6.10 Å². The highest BCUT2D eigenvalue weighted by Crippen LogP contribution is 2.30. The molecule has 2 aliphatic rings. The molecule has 5 nitrogen and oxygen atoms in total. The van der Waals surface area contributed by atoms with Gasteiger partial charge in [-0.3, -0.25) is 0 Å². The highest BCUT2D eigenvalue weighted by molar-refractivity contribution is 5.80. The third-order valence-corrected chi connectivity index (χ3v) is 4.90. The minimum absolute atomic E-state index is 0.0768. The molecule has 0 aromatic carbocycles. The molecule has 2 aliphatic carbocycles. The van der Waals surface area contributed by atoms with Crippen LogP contribution < -0.4 is 0 Å². The maximum atomic E-state index is 12.1. The highest BCUT2D eigenvalue weighted by Gasteiger charge is 2.36. The SMILES string of the molecule is O=C(O)C(OC(=O)[C@H](O)C1CCCCC1)C1CCCCC1. The van der Waals surface area contributed by atoms with Crippen LogP contribution in [0.3, 0.4) is 0 Å². The minimum atomic E-state index is -1.17. The summed E-state index contributed by atoms with van der Waals surface area (Å²) in [5, 5.41) is 19.4. The van der Waals surface area contributed by atoms with Crippen LogP contribution in [0.15, 0.2) is 0 Å². The van der Waals surface area contributed by atoms with Gasteiger partial charge in [-0.1, -0.05) is 38.5 Å². The molecule has 0 aromatic rings. The third-order valence-electron chi connectivity index (χ3n) is 4.90. The topological polar surface area (TPSA) is 83.8 Å². The molecule has 2 N–H and O–H groups in total. The Labute approximate surface area is 125 Å². The fourth-order valence-electron chi connectivity index (χ4n) is 3.62. The van der Waals surface area contributed by atoms with Crippen molar-refractivity contribution in [3.63, 3.8) is 0 Å². The molecule has 0 spiro atoms. The maximum absolute atomic E-state index is 12.1. The molecule has 0 aromatic heterocycles. The Morgan fingerprint density at radius 3 is 1.81 bits per heavy atom. The molecule has 0 heterocycles. The number of esters is 1. The summed E-state index contributed by atoms with van der Waals surface area (Å²) in [5.74, 6) is -2.03. The molecule has 0 bridgehead atoms. The number of aliphatic hydroxyl groups is 1. The lowest BCUT2D eigenvalue weighted by molar-refractivity contribution is -0.177. The zero-order chi connectivity index (χ0) is 15.2. The number of ether oxygens (including phenoxy) is 1. The van der Waals surface area contributed by atoms with Gasteiger partial charge >= 0.3 is 11.9 Å². The predicted octanol–water partition coefficient (Wildman–Crippen LogP) is 2.50. The first-order valence-electron chi connectivity index (χ1n) is 8.21. The monoisotopic (exact) mass is 298 g/mol. The number of carboxylic acids is 1. The van der Waals surface area contributed by atoms with Crippen LogP contribution in [0.1, 0.15) is 64.2 Å². The van der Waals surface area contributed by atoms with Crippen LogP contribution in [0.2, 0.25) is 0 Å². The lowest BCUT2D eigenvalue weighted by atomic mass is 9.84. The Bertz CT molecular complexity index is 356. The van der Waals surface area contributed by atoms with Crippen LogP contribution >= 0.6 is 0 Å². The van der Waals surface area contributed by atoms with Crippen molar-refractivity contribution in [2.75, 3.05) is 0 Å². The number of hydrogen-bond acceptors (Lipinski definition) is 4. The van der Waals surface area contributed by atoms with E-state index < -0.39 is 24.1 Å². The average molecular weight is 298 g/mol. The second-order valence-corrected chi connectivity index (χ2v) is 6.44. The van der Waals surface area contributed by atoms with E-state index >= 15 is 0 Å². The van der Waals surface area contributed by atoms with Gasteiger partial charge in [0.05, 0.1) is 0 Å². The zero-order valence-electron chi connectivity index (χ0n) is 12.5. The largest absolute Gasteiger partial charge is 0.478 e. The summed E-state index contributed by atoms with van der Waals surface area (Å²) in [6, 6.07) is 0. The lowest BCUT2D eigenvalue weighted by Crippen LogP contribution is -2.41. The van der Waals surface area contributed by atoms with Crippen molar-refractivity contribution in [2.45, 2.75) is 76.4 Å². The standard InChI is InChI=1S/C16H26O5/c17-13(11-7-3-1-4-8-11)16(20)21-14(15(18)19)12-9-5-2-6-10-12/h11-14,17H,1-10H2,(H,18,19)/t13-,14?/m1/s1. The van der Waals surface area contributed by atoms with Gasteiger partial charge in [0, 0.05) is 5.92 Å². The Morgan fingerprint density at radius 1 is 0.857 bits per heavy atom. The summed E-state index contributed by atoms with van der Waals surface area (Å²) >= 11 is 0. The van der Waals surface area contributed by atoms with Crippen LogP contribution in [0.25, 0.3) is 0 Å². The van der Waals surface area contributed by atoms with E-state index in [2.05, 4.69) is 0 Å². The van der Waals surface area contributed by atoms with Crippen molar-refractivity contribution in [2.24, 2.45) is 11.8 Å². The van der Waals surface area contributed by atoms with Crippen LogP contribution in [-0.4, -0.2) is 34.4 Å². The van der Waals surface area contributed by atoms with Crippen molar-refractivity contribution in [1.82, 2.24) is 0 Å². The number of aliphatic hydroxyl groups excluding tert-OH is 1. The maximum Gasteiger partial charge on any atom is 0.345 e. The van der Waals surface area contributed by atoms with Gasteiger partial charge in [-0.05, 0) is 31.6 Å². The summed E-state index contributed by atoms with van der Waals surface area (Å²) in [4.78, 5) is 23.4. The molecule has 2 fully saturated rings. The quantitative estimate of drug-likeness (QED) is 0.762. The molecule has 1 unspecified atom stereocenters. The van der Waals surface area contributed by atoms with Crippen molar-refractivity contribution >= 4 is 11.9 Å². The first-order valence-corrected chi connectivity index (χ1v) is 8.21. The molecule has 0 radical (unpaired) electrons. The molecular weight excluding hydrogens is 272 g/mol. The smallest absolute Gasteiger partial charge is 0.345 e. The molecule has 2 rings (SSSR count). The number of carbonyl (C=O) groups is 2. The van der Waals surface area contributed by atoms with Crippen LogP contribution in [0.4, 0.5) is 0 Å². The van der Waals surface area contributed by atoms with Gasteiger partial charge in [-0.2, -0.15) is 0 Å². The first kappa shape index (κ1) is 16.3. The van der Waals surface area contributed by atoms with Crippen LogP contribution in [-0.2, 0) is 14.3 Å². The van der Waals surface area contributed by atoms with Crippen molar-refractivity contribution in [1.29, 1.82) is 0 Å². The molecule has 21 heavy (non-hydrogen) atoms. The number of hydrogen-bond donors (Lipinski definition) is 2. The number of aliphatic carboxylic acids is 1. The second kappa shape index (κ2) is 7.78. The van der Waals surface area contributed by atoms with E-state index in [9.17, 15) is 19.8 Å². The summed E-state index contributed by atoms with van der Waals surface area (Å²) < 4.78 is 5.18. The number of rotatable bonds is 5. The van der Waals surface area contributed by atoms with Gasteiger partial charge in [-0.25, -0.2) is 9.59 Å². The van der Waals surface area contributed by atoms with E-state index in [-0.39, 0.29) is 11.8 Å². The van der Waals surface area contributed by atoms with Crippen molar-refractivity contribution in [3.8, 4) is 0 Å². The van der Waals surface area contributed by atoms with E-state index in [0.717, 1.165) is 64.2 Å². The van der Waals surface area contributed by atoms with E-state index in [1.54, 1.807) is 0 Å². The Kier molecular flexibility index (Phi) is 6.03. The molecule has 0 aliphatic heterocycles. The molecule has 5 heteroatoms. The molecule has 0 saturated heterocycles. The number of carboxylic acid groups (broad SMARTS) is 1. The van der Waals surface area contributed by atoms with E-state index in [1.165, 1.54) is 0 Å². The van der Waals surface area contributed by atoms with E-state index in [1.807, 2.05) is 0 Å². The third kappa shape index (κ3) is 4.43. The Hall–Kier alpha value is -1.10. The van der Waals surface area contributed by atoms with Crippen molar-refractivity contribution < 1.29 is 24.5 Å². The second-order valence-electron chi connectivity index (χ2n) is 6.44. The molecule has 120 valence electrons. The molecule has 2 atom stereocenters. The van der Waals surface area contributed by atoms with Crippen molar-refractivity contribution in [3.05, 3.63) is 0 Å². The summed E-state index contributed by atoms with van der Waals surface area (Å²) in [7, 11) is 0. The van der Waals surface area contributed by atoms with E-state index in [4.69, 9.17) is 4.74 Å². The fraction of sp³-hybridized carbons (Fsp3) is 0.875. The van der Waals surface area contributed by atoms with Gasteiger partial charge in [0.1, 0.15) is 0 Å². The average Bonchev–Trinajstić information content (AvgIpc) is 2.53. The number of carbonyl (C=O) groups excluding carboxylic acids is 1. The minimum Gasteiger partial charge on any atom is -0.478 e. The van der Waals surface area contributed by atoms with Crippen LogP contribution in [0.5, 0.6) is 0 Å². The fourth-order valence-corrected chi connectivity index (χ4v) is 3.62. The van der Waals surface area contributed by atoms with Gasteiger partial charge in [-0.15, -0.1) is 0 Å². The first-order chi connectivity index (χ1) is 10.1. The molecular formula is C16H26O5. The zero-order valence-corrected chi connectivity index (χ0v) is 12.5. The summed E-state index contributed by atoms with van der Waals surface area (Å²) in [6.45, 7) is 0. The Morgan fingerprint density at radius 2 is 1.33 bits per heavy atom. The van der Waals surface area contributed by atoms with E-state index in [0.29, 0.717) is 0 Å². The Balaban J connectivity index is 1.92. The summed E-state index contributed by atoms with van der Waals surface area (Å²) in [6.07, 6.45) is 7.17. The normalized spacial score (nSPS) is 24.2. The molecule has 2 saturated carbocycles. The van der Waals surface area contributed by atoms with Crippen LogP contribution in [0, 0.1) is 11.8 Å². The summed E-state index contributed by atoms with van der Waals surface area (Å²) in [5.41, 5.74) is 0. The predicted molar refractivity (Wildman–Crippen MR) is 76.7 cm³/mol. The van der Waals surface area contributed by atoms with Gasteiger partial charge in [0.25, 0.3) is 0 Å². The van der Waals surface area contributed by atoms with Gasteiger partial charge in [0.15, 0.2) is 6.10 Å². The highest BCUT2D eigenvalue weighted by atomic mass is 16.6.